The highest BCUT2D eigenvalue weighted by Crippen LogP contribution is 2.22. The number of benzene rings is 1. The first-order valence-corrected chi connectivity index (χ1v) is 9.26. The fourth-order valence-corrected chi connectivity index (χ4v) is 3.88. The quantitative estimate of drug-likeness (QED) is 0.782. The lowest BCUT2D eigenvalue weighted by molar-refractivity contribution is 0.100. The molecular weight excluding hydrogens is 332 g/mol. The van der Waals surface area contributed by atoms with E-state index in [1.807, 2.05) is 30.3 Å². The highest BCUT2D eigenvalue weighted by molar-refractivity contribution is 8.13. The van der Waals surface area contributed by atoms with Crippen LogP contribution < -0.4 is 0 Å². The minimum absolute atomic E-state index is 0.221. The molecule has 25 heavy (non-hydrogen) atoms. The van der Waals surface area contributed by atoms with E-state index in [9.17, 15) is 4.79 Å². The van der Waals surface area contributed by atoms with E-state index in [0.717, 1.165) is 35.8 Å². The Morgan fingerprint density at radius 1 is 1.24 bits per heavy atom. The van der Waals surface area contributed by atoms with Crippen LogP contribution in [0, 0.1) is 0 Å². The number of hydrogen-bond acceptors (Lipinski definition) is 3. The molecule has 0 spiro atoms. The van der Waals surface area contributed by atoms with Gasteiger partial charge in [0.05, 0.1) is 5.56 Å². The Hall–Kier alpha value is -2.60. The highest BCUT2D eigenvalue weighted by atomic mass is 32.2. The van der Waals surface area contributed by atoms with Crippen LogP contribution in [0.25, 0.3) is 11.0 Å². The zero-order chi connectivity index (χ0) is 17.1. The van der Waals surface area contributed by atoms with Crippen molar-refractivity contribution in [1.82, 2.24) is 14.9 Å². The molecule has 1 saturated heterocycles. The Bertz CT molecular complexity index is 919. The summed E-state index contributed by atoms with van der Waals surface area (Å²) in [6, 6.07) is 14.0. The molecule has 4 rings (SSSR count). The number of H-pyrrole nitrogens is 1. The molecule has 3 heterocycles. The molecule has 0 atom stereocenters. The lowest BCUT2D eigenvalue weighted by atomic mass is 10.2. The Morgan fingerprint density at radius 2 is 2.12 bits per heavy atom. The van der Waals surface area contributed by atoms with E-state index in [1.54, 1.807) is 24.2 Å². The van der Waals surface area contributed by atoms with Crippen LogP contribution in [0.15, 0.2) is 59.9 Å². The Labute approximate surface area is 150 Å². The summed E-state index contributed by atoms with van der Waals surface area (Å²) in [6.45, 7) is 1.69. The van der Waals surface area contributed by atoms with E-state index in [-0.39, 0.29) is 5.91 Å². The van der Waals surface area contributed by atoms with Crippen LogP contribution in [0.2, 0.25) is 0 Å². The summed E-state index contributed by atoms with van der Waals surface area (Å²) in [4.78, 5) is 26.6. The lowest BCUT2D eigenvalue weighted by Crippen LogP contribution is -2.34. The summed E-state index contributed by atoms with van der Waals surface area (Å²) >= 11 is 1.65. The number of carbonyl (C=O) groups excluding carboxylic acids is 1. The average molecular weight is 350 g/mol. The van der Waals surface area contributed by atoms with Crippen LogP contribution >= 0.6 is 11.8 Å². The van der Waals surface area contributed by atoms with Gasteiger partial charge in [-0.2, -0.15) is 4.99 Å². The average Bonchev–Trinajstić information content (AvgIpc) is 3.08. The van der Waals surface area contributed by atoms with Crippen molar-refractivity contribution in [3.63, 3.8) is 0 Å². The van der Waals surface area contributed by atoms with Gasteiger partial charge >= 0.3 is 0 Å². The first-order chi connectivity index (χ1) is 12.3. The van der Waals surface area contributed by atoms with Gasteiger partial charge in [0.25, 0.3) is 5.91 Å². The molecule has 1 fully saturated rings. The third kappa shape index (κ3) is 3.44. The van der Waals surface area contributed by atoms with Crippen LogP contribution in [-0.4, -0.2) is 38.2 Å². The van der Waals surface area contributed by atoms with E-state index in [4.69, 9.17) is 0 Å². The molecule has 0 bridgehead atoms. The summed E-state index contributed by atoms with van der Waals surface area (Å²) in [5.41, 5.74) is 2.51. The Morgan fingerprint density at radius 3 is 3.00 bits per heavy atom. The van der Waals surface area contributed by atoms with Crippen molar-refractivity contribution in [1.29, 1.82) is 0 Å². The molecule has 2 aromatic heterocycles. The molecule has 1 aliphatic heterocycles. The van der Waals surface area contributed by atoms with Crippen molar-refractivity contribution in [2.75, 3.05) is 12.3 Å². The van der Waals surface area contributed by atoms with Crippen LogP contribution in [0.3, 0.4) is 0 Å². The van der Waals surface area contributed by atoms with Gasteiger partial charge in [0.1, 0.15) is 5.65 Å². The van der Waals surface area contributed by atoms with Gasteiger partial charge in [0.2, 0.25) is 0 Å². The number of aromatic nitrogens is 2. The monoisotopic (exact) mass is 350 g/mol. The van der Waals surface area contributed by atoms with Gasteiger partial charge in [-0.1, -0.05) is 42.1 Å². The topological polar surface area (TPSA) is 61.4 Å². The molecule has 0 unspecified atom stereocenters. The van der Waals surface area contributed by atoms with Gasteiger partial charge in [-0.3, -0.25) is 4.79 Å². The molecule has 0 saturated carbocycles. The summed E-state index contributed by atoms with van der Waals surface area (Å²) in [5.74, 6) is 0.772. The van der Waals surface area contributed by atoms with E-state index in [0.29, 0.717) is 11.2 Å². The number of aliphatic imine (C=N–C) groups is 1. The van der Waals surface area contributed by atoms with Crippen LogP contribution in [0.1, 0.15) is 22.3 Å². The zero-order valence-electron chi connectivity index (χ0n) is 13.7. The minimum atomic E-state index is -0.221. The van der Waals surface area contributed by atoms with E-state index in [2.05, 4.69) is 32.0 Å². The lowest BCUT2D eigenvalue weighted by Gasteiger charge is -2.29. The molecule has 1 aromatic carbocycles. The second kappa shape index (κ2) is 7.11. The van der Waals surface area contributed by atoms with Crippen molar-refractivity contribution >= 4 is 33.9 Å². The molecular formula is C19H18N4OS. The standard InChI is InChI=1S/C19H18N4OS/c24-18(16-12-21-17-15(16)8-4-9-20-17)22-19-23(10-5-11-25-19)13-14-6-2-1-3-7-14/h1-4,6-9,12H,5,10-11,13H2,(H,20,21). The van der Waals surface area contributed by atoms with Gasteiger partial charge in [0.15, 0.2) is 5.17 Å². The zero-order valence-corrected chi connectivity index (χ0v) is 14.5. The maximum Gasteiger partial charge on any atom is 0.281 e. The largest absolute Gasteiger partial charge is 0.347 e. The third-order valence-electron chi connectivity index (χ3n) is 4.17. The summed E-state index contributed by atoms with van der Waals surface area (Å²) in [6.07, 6.45) is 4.50. The van der Waals surface area contributed by atoms with E-state index >= 15 is 0 Å². The van der Waals surface area contributed by atoms with Crippen molar-refractivity contribution in [2.24, 2.45) is 4.99 Å². The minimum Gasteiger partial charge on any atom is -0.347 e. The number of aromatic amines is 1. The molecule has 6 heteroatoms. The second-order valence-electron chi connectivity index (χ2n) is 5.91. The molecule has 126 valence electrons. The molecule has 5 nitrogen and oxygen atoms in total. The molecule has 1 aliphatic rings. The predicted octanol–water partition coefficient (Wildman–Crippen LogP) is 3.70. The summed E-state index contributed by atoms with van der Waals surface area (Å²) < 4.78 is 0. The predicted molar refractivity (Wildman–Crippen MR) is 102 cm³/mol. The fourth-order valence-electron chi connectivity index (χ4n) is 2.94. The maximum absolute atomic E-state index is 12.7. The van der Waals surface area contributed by atoms with Crippen molar-refractivity contribution in [2.45, 2.75) is 13.0 Å². The molecule has 0 aliphatic carbocycles. The van der Waals surface area contributed by atoms with Gasteiger partial charge in [-0.25, -0.2) is 4.98 Å². The highest BCUT2D eigenvalue weighted by Gasteiger charge is 2.20. The van der Waals surface area contributed by atoms with Gasteiger partial charge in [0, 0.05) is 36.6 Å². The number of amides is 1. The van der Waals surface area contributed by atoms with Crippen molar-refractivity contribution in [3.05, 3.63) is 66.0 Å². The molecule has 3 aromatic rings. The van der Waals surface area contributed by atoms with Crippen molar-refractivity contribution < 1.29 is 4.79 Å². The molecule has 1 N–H and O–H groups in total. The van der Waals surface area contributed by atoms with Crippen molar-refractivity contribution in [3.8, 4) is 0 Å². The number of amidine groups is 1. The van der Waals surface area contributed by atoms with Gasteiger partial charge in [-0.05, 0) is 24.1 Å². The van der Waals surface area contributed by atoms with E-state index in [1.165, 1.54) is 5.56 Å². The SMILES string of the molecule is O=C(N=C1SCCCN1Cc1ccccc1)c1c[nH]c2ncccc12. The molecule has 0 radical (unpaired) electrons. The van der Waals surface area contributed by atoms with Crippen LogP contribution in [0.4, 0.5) is 0 Å². The number of nitrogens with one attached hydrogen (secondary N) is 1. The number of rotatable bonds is 3. The number of fused-ring (bicyclic) bond motifs is 1. The summed E-state index contributed by atoms with van der Waals surface area (Å²) in [7, 11) is 0. The van der Waals surface area contributed by atoms with Gasteiger partial charge in [-0.15, -0.1) is 0 Å². The first-order valence-electron chi connectivity index (χ1n) is 8.28. The number of pyridine rings is 1. The van der Waals surface area contributed by atoms with Crippen LogP contribution in [0.5, 0.6) is 0 Å². The normalized spacial score (nSPS) is 16.5. The van der Waals surface area contributed by atoms with Crippen LogP contribution in [-0.2, 0) is 6.54 Å². The first kappa shape index (κ1) is 15.9. The third-order valence-corrected chi connectivity index (χ3v) is 5.27. The Balaban J connectivity index is 1.60. The number of thioether (sulfide) groups is 1. The number of nitrogens with zero attached hydrogens (tertiary/aromatic N) is 3. The summed E-state index contributed by atoms with van der Waals surface area (Å²) in [5, 5.41) is 1.62. The maximum atomic E-state index is 12.7. The van der Waals surface area contributed by atoms with E-state index < -0.39 is 0 Å². The fraction of sp³-hybridized carbons (Fsp3) is 0.211. The molecule has 1 amide bonds. The number of hydrogen-bond donors (Lipinski definition) is 1. The van der Waals surface area contributed by atoms with Gasteiger partial charge < -0.3 is 9.88 Å². The smallest absolute Gasteiger partial charge is 0.281 e. The Kier molecular flexibility index (Phi) is 4.52. The second-order valence-corrected chi connectivity index (χ2v) is 6.97. The number of carbonyl (C=O) groups is 1.